The van der Waals surface area contributed by atoms with Crippen LogP contribution in [0.25, 0.3) is 0 Å². The van der Waals surface area contributed by atoms with Crippen molar-refractivity contribution in [3.8, 4) is 0 Å². The molecule has 0 bridgehead atoms. The summed E-state index contributed by atoms with van der Waals surface area (Å²) in [4.78, 5) is 18.8. The molecule has 1 fully saturated rings. The van der Waals surface area contributed by atoms with E-state index in [9.17, 15) is 17.6 Å². The van der Waals surface area contributed by atoms with Gasteiger partial charge in [0.25, 0.3) is 10.0 Å². The Labute approximate surface area is 176 Å². The Balaban J connectivity index is 1.67. The van der Waals surface area contributed by atoms with E-state index in [-0.39, 0.29) is 42.3 Å². The van der Waals surface area contributed by atoms with Crippen LogP contribution in [0.1, 0.15) is 24.2 Å². The van der Waals surface area contributed by atoms with E-state index in [0.717, 1.165) is 0 Å². The fourth-order valence-corrected chi connectivity index (χ4v) is 5.10. The number of rotatable bonds is 7. The molecule has 1 amide bonds. The highest BCUT2D eigenvalue weighted by molar-refractivity contribution is 7.89. The second kappa shape index (κ2) is 9.09. The van der Waals surface area contributed by atoms with E-state index in [4.69, 9.17) is 0 Å². The average molecular weight is 435 g/mol. The maximum absolute atomic E-state index is 14.0. The Morgan fingerprint density at radius 3 is 2.57 bits per heavy atom. The van der Waals surface area contributed by atoms with E-state index in [2.05, 4.69) is 11.6 Å². The van der Waals surface area contributed by atoms with Gasteiger partial charge in [-0.15, -0.1) is 6.58 Å². The van der Waals surface area contributed by atoms with Crippen molar-refractivity contribution in [1.29, 1.82) is 0 Å². The van der Waals surface area contributed by atoms with E-state index in [1.54, 1.807) is 47.7 Å². The van der Waals surface area contributed by atoms with Crippen LogP contribution < -0.4 is 0 Å². The number of piperidine rings is 1. The van der Waals surface area contributed by atoms with Crippen LogP contribution in [0.3, 0.4) is 0 Å². The summed E-state index contributed by atoms with van der Waals surface area (Å²) in [5.41, 5.74) is 0.443. The minimum atomic E-state index is -3.69. The summed E-state index contributed by atoms with van der Waals surface area (Å²) in [6, 6.07) is 6.37. The van der Waals surface area contributed by atoms with Crippen molar-refractivity contribution in [2.75, 3.05) is 19.6 Å². The second-order valence-corrected chi connectivity index (χ2v) is 9.40. The summed E-state index contributed by atoms with van der Waals surface area (Å²) < 4.78 is 42.8. The third kappa shape index (κ3) is 4.62. The SMILES string of the molecule is C=CCN(Cc1ccccc1F)C(=O)C1CCN(S(=O)(=O)c2cn(C)c(C)n2)CC1. The number of nitrogens with zero attached hydrogens (tertiary/aromatic N) is 4. The van der Waals surface area contributed by atoms with E-state index in [1.807, 2.05) is 0 Å². The number of imidazole rings is 1. The molecule has 0 atom stereocenters. The Bertz CT molecular complexity index is 1010. The van der Waals surface area contributed by atoms with Crippen LogP contribution in [0.2, 0.25) is 0 Å². The maximum atomic E-state index is 14.0. The summed E-state index contributed by atoms with van der Waals surface area (Å²) in [7, 11) is -1.94. The fourth-order valence-electron chi connectivity index (χ4n) is 3.60. The molecule has 7 nitrogen and oxygen atoms in total. The van der Waals surface area contributed by atoms with Crippen molar-refractivity contribution in [1.82, 2.24) is 18.8 Å². The van der Waals surface area contributed by atoms with Gasteiger partial charge in [0.2, 0.25) is 5.91 Å². The molecule has 162 valence electrons. The molecule has 0 aliphatic carbocycles. The number of aryl methyl sites for hydroxylation is 2. The molecule has 0 saturated carbocycles. The third-order valence-electron chi connectivity index (χ3n) is 5.47. The largest absolute Gasteiger partial charge is 0.337 e. The lowest BCUT2D eigenvalue weighted by Crippen LogP contribution is -2.44. The summed E-state index contributed by atoms with van der Waals surface area (Å²) in [6.07, 6.45) is 3.94. The zero-order chi connectivity index (χ0) is 21.9. The molecule has 1 saturated heterocycles. The summed E-state index contributed by atoms with van der Waals surface area (Å²) >= 11 is 0. The lowest BCUT2D eigenvalue weighted by Gasteiger charge is -2.33. The minimum Gasteiger partial charge on any atom is -0.337 e. The summed E-state index contributed by atoms with van der Waals surface area (Å²) in [6.45, 7) is 6.39. The number of carbonyl (C=O) groups excluding carboxylic acids is 1. The predicted octanol–water partition coefficient (Wildman–Crippen LogP) is 2.48. The lowest BCUT2D eigenvalue weighted by atomic mass is 9.96. The van der Waals surface area contributed by atoms with Gasteiger partial charge in [0.15, 0.2) is 5.03 Å². The van der Waals surface area contributed by atoms with Crippen molar-refractivity contribution in [2.24, 2.45) is 13.0 Å². The molecular formula is C21H27FN4O3S. The van der Waals surface area contributed by atoms with Crippen LogP contribution in [-0.4, -0.2) is 52.7 Å². The molecule has 2 heterocycles. The van der Waals surface area contributed by atoms with Crippen LogP contribution in [0.4, 0.5) is 4.39 Å². The number of hydrogen-bond acceptors (Lipinski definition) is 4. The molecule has 1 aliphatic rings. The average Bonchev–Trinajstić information content (AvgIpc) is 3.08. The van der Waals surface area contributed by atoms with Crippen LogP contribution in [0.15, 0.2) is 48.1 Å². The van der Waals surface area contributed by atoms with Crippen LogP contribution in [-0.2, 0) is 28.4 Å². The smallest absolute Gasteiger partial charge is 0.262 e. The van der Waals surface area contributed by atoms with Gasteiger partial charge in [0, 0.05) is 50.9 Å². The molecule has 0 N–H and O–H groups in total. The van der Waals surface area contributed by atoms with E-state index in [0.29, 0.717) is 30.8 Å². The Morgan fingerprint density at radius 1 is 1.33 bits per heavy atom. The number of amides is 1. The van der Waals surface area contributed by atoms with Crippen LogP contribution >= 0.6 is 0 Å². The zero-order valence-corrected chi connectivity index (χ0v) is 18.1. The Hall–Kier alpha value is -2.52. The van der Waals surface area contributed by atoms with Gasteiger partial charge in [-0.25, -0.2) is 17.8 Å². The van der Waals surface area contributed by atoms with Gasteiger partial charge in [-0.05, 0) is 25.8 Å². The van der Waals surface area contributed by atoms with Gasteiger partial charge in [-0.3, -0.25) is 4.79 Å². The minimum absolute atomic E-state index is 0.0279. The molecule has 9 heteroatoms. The van der Waals surface area contributed by atoms with Crippen LogP contribution in [0.5, 0.6) is 0 Å². The molecular weight excluding hydrogens is 407 g/mol. The van der Waals surface area contributed by atoms with Crippen LogP contribution in [0, 0.1) is 18.7 Å². The van der Waals surface area contributed by atoms with Gasteiger partial charge < -0.3 is 9.47 Å². The molecule has 0 radical (unpaired) electrons. The van der Waals surface area contributed by atoms with E-state index >= 15 is 0 Å². The Kier molecular flexibility index (Phi) is 6.72. The van der Waals surface area contributed by atoms with Gasteiger partial charge in [0.1, 0.15) is 11.6 Å². The van der Waals surface area contributed by atoms with Crippen molar-refractivity contribution >= 4 is 15.9 Å². The van der Waals surface area contributed by atoms with E-state index in [1.165, 1.54) is 16.6 Å². The molecule has 1 aliphatic heterocycles. The Morgan fingerprint density at radius 2 is 2.00 bits per heavy atom. The maximum Gasteiger partial charge on any atom is 0.262 e. The first-order valence-corrected chi connectivity index (χ1v) is 11.3. The summed E-state index contributed by atoms with van der Waals surface area (Å²) in [5, 5.41) is 0.0279. The van der Waals surface area contributed by atoms with Crippen molar-refractivity contribution in [3.05, 3.63) is 60.3 Å². The van der Waals surface area contributed by atoms with Gasteiger partial charge in [0.05, 0.1) is 0 Å². The highest BCUT2D eigenvalue weighted by Crippen LogP contribution is 2.25. The monoisotopic (exact) mass is 434 g/mol. The highest BCUT2D eigenvalue weighted by atomic mass is 32.2. The fraction of sp³-hybridized carbons (Fsp3) is 0.429. The normalized spacial score (nSPS) is 15.8. The number of sulfonamides is 1. The number of halogens is 1. The van der Waals surface area contributed by atoms with Crippen molar-refractivity contribution in [3.63, 3.8) is 0 Å². The number of aromatic nitrogens is 2. The topological polar surface area (TPSA) is 75.5 Å². The molecule has 30 heavy (non-hydrogen) atoms. The quantitative estimate of drug-likeness (QED) is 0.628. The first-order chi connectivity index (χ1) is 14.2. The molecule has 1 aromatic carbocycles. The first-order valence-electron chi connectivity index (χ1n) is 9.87. The van der Waals surface area contributed by atoms with Crippen molar-refractivity contribution in [2.45, 2.75) is 31.3 Å². The van der Waals surface area contributed by atoms with Gasteiger partial charge in [-0.1, -0.05) is 24.3 Å². The molecule has 0 unspecified atom stereocenters. The van der Waals surface area contributed by atoms with Gasteiger partial charge in [-0.2, -0.15) is 4.31 Å². The lowest BCUT2D eigenvalue weighted by molar-refractivity contribution is -0.136. The zero-order valence-electron chi connectivity index (χ0n) is 17.3. The van der Waals surface area contributed by atoms with Crippen molar-refractivity contribution < 1.29 is 17.6 Å². The second-order valence-electron chi connectivity index (χ2n) is 7.51. The molecule has 3 rings (SSSR count). The molecule has 1 aromatic heterocycles. The van der Waals surface area contributed by atoms with Gasteiger partial charge >= 0.3 is 0 Å². The third-order valence-corrected chi connectivity index (χ3v) is 7.24. The van der Waals surface area contributed by atoms with E-state index < -0.39 is 10.0 Å². The first kappa shape index (κ1) is 22.2. The standard InChI is InChI=1S/C21H27FN4O3S/c1-4-11-25(14-18-7-5-6-8-19(18)22)21(27)17-9-12-26(13-10-17)30(28,29)20-15-24(3)16(2)23-20/h4-8,15,17H,1,9-14H2,2-3H3. The highest BCUT2D eigenvalue weighted by Gasteiger charge is 2.35. The summed E-state index contributed by atoms with van der Waals surface area (Å²) in [5.74, 6) is -0.157. The predicted molar refractivity (Wildman–Crippen MR) is 111 cm³/mol. The number of carbonyl (C=O) groups is 1. The number of hydrogen-bond donors (Lipinski definition) is 0. The molecule has 0 spiro atoms. The molecule has 2 aromatic rings. The number of benzene rings is 1.